The van der Waals surface area contributed by atoms with Gasteiger partial charge in [0.15, 0.2) is 0 Å². The van der Waals surface area contributed by atoms with Crippen LogP contribution in [0.3, 0.4) is 0 Å². The van der Waals surface area contributed by atoms with Crippen molar-refractivity contribution >= 4 is 11.6 Å². The van der Waals surface area contributed by atoms with E-state index < -0.39 is 0 Å². The van der Waals surface area contributed by atoms with Crippen molar-refractivity contribution in [2.75, 3.05) is 0 Å². The minimum absolute atomic E-state index is 0.0834. The van der Waals surface area contributed by atoms with E-state index in [1.165, 1.54) is 6.42 Å². The number of halogens is 1. The third-order valence-corrected chi connectivity index (χ3v) is 1.53. The molecule has 0 saturated carbocycles. The van der Waals surface area contributed by atoms with Crippen LogP contribution in [0, 0.1) is 0 Å². The molecule has 0 aromatic heterocycles. The summed E-state index contributed by atoms with van der Waals surface area (Å²) in [5.74, 6) is 0. The van der Waals surface area contributed by atoms with Gasteiger partial charge in [0.25, 0.3) is 0 Å². The van der Waals surface area contributed by atoms with Crippen molar-refractivity contribution in [1.82, 2.24) is 0 Å². The monoisotopic (exact) mass is 164 g/mol. The molecule has 0 saturated heterocycles. The van der Waals surface area contributed by atoms with Crippen LogP contribution in [0.5, 0.6) is 0 Å². The first-order valence-electron chi connectivity index (χ1n) is 3.96. The smallest absolute Gasteiger partial charge is 0.131 e. The fraction of sp³-hybridized carbons (Fsp3) is 1.00. The summed E-state index contributed by atoms with van der Waals surface area (Å²) in [7, 11) is 0. The molecule has 0 aromatic rings. The standard InChI is InChI=1S/C8H17ClO/c1-4-5-6-8(9)10-7(2)3/h7-8H,4-6H2,1-3H3. The summed E-state index contributed by atoms with van der Waals surface area (Å²) in [4.78, 5) is 0. The molecule has 0 bridgehead atoms. The number of rotatable bonds is 5. The molecule has 0 aliphatic rings. The van der Waals surface area contributed by atoms with Crippen LogP contribution < -0.4 is 0 Å². The van der Waals surface area contributed by atoms with Gasteiger partial charge in [-0.15, -0.1) is 0 Å². The van der Waals surface area contributed by atoms with Crippen molar-refractivity contribution in [1.29, 1.82) is 0 Å². The third kappa shape index (κ3) is 6.37. The predicted molar refractivity (Wildman–Crippen MR) is 45.4 cm³/mol. The Kier molecular flexibility index (Phi) is 6.14. The van der Waals surface area contributed by atoms with E-state index in [1.807, 2.05) is 13.8 Å². The summed E-state index contributed by atoms with van der Waals surface area (Å²) in [6, 6.07) is 0. The van der Waals surface area contributed by atoms with Gasteiger partial charge in [-0.3, -0.25) is 0 Å². The van der Waals surface area contributed by atoms with Gasteiger partial charge in [0, 0.05) is 0 Å². The highest BCUT2D eigenvalue weighted by molar-refractivity contribution is 6.19. The fourth-order valence-electron chi connectivity index (χ4n) is 0.728. The molecule has 62 valence electrons. The van der Waals surface area contributed by atoms with Gasteiger partial charge in [0.05, 0.1) is 6.10 Å². The van der Waals surface area contributed by atoms with Gasteiger partial charge in [0.2, 0.25) is 0 Å². The van der Waals surface area contributed by atoms with Crippen molar-refractivity contribution in [3.8, 4) is 0 Å². The van der Waals surface area contributed by atoms with Crippen LogP contribution in [0.1, 0.15) is 40.0 Å². The third-order valence-electron chi connectivity index (χ3n) is 1.20. The molecule has 1 nitrogen and oxygen atoms in total. The van der Waals surface area contributed by atoms with Gasteiger partial charge in [-0.05, 0) is 26.7 Å². The van der Waals surface area contributed by atoms with Gasteiger partial charge in [-0.25, -0.2) is 0 Å². The second-order valence-corrected chi connectivity index (χ2v) is 3.22. The summed E-state index contributed by atoms with van der Waals surface area (Å²) >= 11 is 5.83. The summed E-state index contributed by atoms with van der Waals surface area (Å²) in [6.45, 7) is 6.15. The second kappa shape index (κ2) is 5.99. The van der Waals surface area contributed by atoms with E-state index in [0.717, 1.165) is 12.8 Å². The molecule has 0 heterocycles. The van der Waals surface area contributed by atoms with Crippen LogP contribution >= 0.6 is 11.6 Å². The SMILES string of the molecule is CCCCC(Cl)OC(C)C. The molecule has 10 heavy (non-hydrogen) atoms. The quantitative estimate of drug-likeness (QED) is 0.568. The van der Waals surface area contributed by atoms with Gasteiger partial charge < -0.3 is 4.74 Å². The Balaban J connectivity index is 3.16. The Hall–Kier alpha value is 0.250. The Morgan fingerprint density at radius 1 is 1.40 bits per heavy atom. The highest BCUT2D eigenvalue weighted by atomic mass is 35.5. The number of alkyl halides is 1. The largest absolute Gasteiger partial charge is 0.360 e. The highest BCUT2D eigenvalue weighted by Gasteiger charge is 2.04. The maximum Gasteiger partial charge on any atom is 0.131 e. The molecule has 0 fully saturated rings. The molecule has 0 spiro atoms. The number of ether oxygens (including phenoxy) is 1. The summed E-state index contributed by atoms with van der Waals surface area (Å²) in [5.41, 5.74) is -0.0834. The molecule has 0 rings (SSSR count). The lowest BCUT2D eigenvalue weighted by atomic mass is 10.3. The molecule has 0 amide bonds. The van der Waals surface area contributed by atoms with Gasteiger partial charge >= 0.3 is 0 Å². The Bertz CT molecular complexity index is 73.7. The molecule has 0 aliphatic heterocycles. The first-order valence-corrected chi connectivity index (χ1v) is 4.40. The topological polar surface area (TPSA) is 9.23 Å². The lowest BCUT2D eigenvalue weighted by Crippen LogP contribution is -2.11. The van der Waals surface area contributed by atoms with Crippen LogP contribution in [0.15, 0.2) is 0 Å². The van der Waals surface area contributed by atoms with Crippen molar-refractivity contribution in [2.24, 2.45) is 0 Å². The second-order valence-electron chi connectivity index (χ2n) is 2.74. The van der Waals surface area contributed by atoms with E-state index in [2.05, 4.69) is 6.92 Å². The zero-order valence-corrected chi connectivity index (χ0v) is 7.82. The lowest BCUT2D eigenvalue weighted by Gasteiger charge is -2.12. The van der Waals surface area contributed by atoms with Crippen molar-refractivity contribution in [2.45, 2.75) is 51.7 Å². The summed E-state index contributed by atoms with van der Waals surface area (Å²) in [6.07, 6.45) is 3.56. The summed E-state index contributed by atoms with van der Waals surface area (Å²) < 4.78 is 5.32. The number of hydrogen-bond acceptors (Lipinski definition) is 1. The van der Waals surface area contributed by atoms with E-state index in [1.54, 1.807) is 0 Å². The van der Waals surface area contributed by atoms with Crippen molar-refractivity contribution < 1.29 is 4.74 Å². The fourth-order valence-corrected chi connectivity index (χ4v) is 1.09. The normalized spacial score (nSPS) is 14.1. The average molecular weight is 165 g/mol. The number of hydrogen-bond donors (Lipinski definition) is 0. The first kappa shape index (κ1) is 10.2. The maximum absolute atomic E-state index is 5.83. The van der Waals surface area contributed by atoms with Crippen LogP contribution in [0.4, 0.5) is 0 Å². The minimum atomic E-state index is -0.0834. The molecule has 0 radical (unpaired) electrons. The zero-order valence-electron chi connectivity index (χ0n) is 7.06. The Morgan fingerprint density at radius 3 is 2.40 bits per heavy atom. The van der Waals surface area contributed by atoms with E-state index in [9.17, 15) is 0 Å². The van der Waals surface area contributed by atoms with Crippen LogP contribution in [-0.2, 0) is 4.74 Å². The van der Waals surface area contributed by atoms with E-state index in [-0.39, 0.29) is 11.7 Å². The molecule has 1 atom stereocenters. The molecular weight excluding hydrogens is 148 g/mol. The molecule has 1 unspecified atom stereocenters. The number of unbranched alkanes of at least 4 members (excludes halogenated alkanes) is 1. The van der Waals surface area contributed by atoms with E-state index in [0.29, 0.717) is 0 Å². The molecule has 0 aliphatic carbocycles. The first-order chi connectivity index (χ1) is 4.66. The molecule has 2 heteroatoms. The highest BCUT2D eigenvalue weighted by Crippen LogP contribution is 2.10. The van der Waals surface area contributed by atoms with E-state index in [4.69, 9.17) is 16.3 Å². The molecular formula is C8H17ClO. The predicted octanol–water partition coefficient (Wildman–Crippen LogP) is 3.17. The maximum atomic E-state index is 5.83. The van der Waals surface area contributed by atoms with Gasteiger partial charge in [-0.1, -0.05) is 24.9 Å². The Morgan fingerprint density at radius 2 is 2.00 bits per heavy atom. The molecule has 0 N–H and O–H groups in total. The lowest BCUT2D eigenvalue weighted by molar-refractivity contribution is 0.0495. The van der Waals surface area contributed by atoms with Crippen LogP contribution in [0.25, 0.3) is 0 Å². The Labute approximate surface area is 68.7 Å². The molecule has 0 aromatic carbocycles. The van der Waals surface area contributed by atoms with Crippen molar-refractivity contribution in [3.63, 3.8) is 0 Å². The van der Waals surface area contributed by atoms with Gasteiger partial charge in [0.1, 0.15) is 5.56 Å². The minimum Gasteiger partial charge on any atom is -0.360 e. The van der Waals surface area contributed by atoms with E-state index >= 15 is 0 Å². The summed E-state index contributed by atoms with van der Waals surface area (Å²) in [5, 5.41) is 0. The van der Waals surface area contributed by atoms with Crippen molar-refractivity contribution in [3.05, 3.63) is 0 Å². The van der Waals surface area contributed by atoms with Crippen LogP contribution in [-0.4, -0.2) is 11.7 Å². The van der Waals surface area contributed by atoms with Crippen LogP contribution in [0.2, 0.25) is 0 Å². The zero-order chi connectivity index (χ0) is 7.98. The van der Waals surface area contributed by atoms with Gasteiger partial charge in [-0.2, -0.15) is 0 Å². The average Bonchev–Trinajstić information content (AvgIpc) is 1.82.